The van der Waals surface area contributed by atoms with Gasteiger partial charge >= 0.3 is 5.97 Å². The lowest BCUT2D eigenvalue weighted by Crippen LogP contribution is -2.41. The number of hydrogen-bond acceptors (Lipinski definition) is 5. The summed E-state index contributed by atoms with van der Waals surface area (Å²) in [5.74, 6) is 0.218. The van der Waals surface area contributed by atoms with Gasteiger partial charge in [0.1, 0.15) is 6.61 Å². The minimum Gasteiger partial charge on any atom is -0.461 e. The average molecular weight is 273 g/mol. The summed E-state index contributed by atoms with van der Waals surface area (Å²) in [6.45, 7) is 2.05. The van der Waals surface area contributed by atoms with Gasteiger partial charge in [-0.3, -0.25) is 4.90 Å². The van der Waals surface area contributed by atoms with E-state index in [4.69, 9.17) is 4.74 Å². The van der Waals surface area contributed by atoms with Crippen LogP contribution in [0.15, 0.2) is 11.6 Å². The molecule has 2 aliphatic rings. The Labute approximate surface area is 108 Å². The molecular weight excluding hydrogens is 254 g/mol. The lowest BCUT2D eigenvalue weighted by molar-refractivity contribution is -0.139. The van der Waals surface area contributed by atoms with Gasteiger partial charge in [0.15, 0.2) is 9.84 Å². The highest BCUT2D eigenvalue weighted by atomic mass is 32.2. The second kappa shape index (κ2) is 5.84. The van der Waals surface area contributed by atoms with Crippen LogP contribution in [-0.4, -0.2) is 57.0 Å². The third kappa shape index (κ3) is 3.81. The van der Waals surface area contributed by atoms with Crippen molar-refractivity contribution in [1.82, 2.24) is 4.90 Å². The molecule has 0 atom stereocenters. The van der Waals surface area contributed by atoms with E-state index in [9.17, 15) is 13.2 Å². The van der Waals surface area contributed by atoms with Gasteiger partial charge in [0.05, 0.1) is 11.5 Å². The smallest absolute Gasteiger partial charge is 0.333 e. The second-order valence-electron chi connectivity index (χ2n) is 4.75. The number of nitrogens with zero attached hydrogens (tertiary/aromatic N) is 1. The van der Waals surface area contributed by atoms with Crippen molar-refractivity contribution < 1.29 is 17.9 Å². The standard InChI is InChI=1S/C12H19NO4S/c14-12(11-3-1-2-4-11)17-8-5-13-6-9-18(15,16)10-7-13/h3H,1-2,4-10H2. The Morgan fingerprint density at radius 1 is 1.33 bits per heavy atom. The van der Waals surface area contributed by atoms with E-state index >= 15 is 0 Å². The molecule has 18 heavy (non-hydrogen) atoms. The van der Waals surface area contributed by atoms with Gasteiger partial charge in [-0.1, -0.05) is 6.08 Å². The fraction of sp³-hybridized carbons (Fsp3) is 0.750. The Bertz CT molecular complexity index is 427. The van der Waals surface area contributed by atoms with Gasteiger partial charge < -0.3 is 4.74 Å². The number of allylic oxidation sites excluding steroid dienone is 1. The molecule has 0 amide bonds. The van der Waals surface area contributed by atoms with Crippen molar-refractivity contribution in [3.8, 4) is 0 Å². The summed E-state index contributed by atoms with van der Waals surface area (Å²) in [4.78, 5) is 13.6. The number of rotatable bonds is 4. The third-order valence-corrected chi connectivity index (χ3v) is 4.99. The molecule has 0 saturated carbocycles. The molecule has 6 heteroatoms. The molecule has 0 spiro atoms. The molecule has 0 bridgehead atoms. The first-order chi connectivity index (χ1) is 8.57. The Morgan fingerprint density at radius 3 is 2.67 bits per heavy atom. The molecule has 1 fully saturated rings. The molecule has 102 valence electrons. The molecule has 1 aliphatic carbocycles. The highest BCUT2D eigenvalue weighted by molar-refractivity contribution is 7.91. The molecule has 0 unspecified atom stereocenters. The van der Waals surface area contributed by atoms with Crippen LogP contribution in [-0.2, 0) is 19.4 Å². The van der Waals surface area contributed by atoms with Crippen LogP contribution in [0.3, 0.4) is 0 Å². The van der Waals surface area contributed by atoms with E-state index in [1.807, 2.05) is 11.0 Å². The fourth-order valence-corrected chi connectivity index (χ4v) is 3.47. The van der Waals surface area contributed by atoms with Crippen molar-refractivity contribution in [2.45, 2.75) is 19.3 Å². The minimum absolute atomic E-state index is 0.211. The van der Waals surface area contributed by atoms with Crippen molar-refractivity contribution in [2.75, 3.05) is 37.7 Å². The Kier molecular flexibility index (Phi) is 4.40. The highest BCUT2D eigenvalue weighted by Gasteiger charge is 2.21. The van der Waals surface area contributed by atoms with E-state index in [1.165, 1.54) is 0 Å². The quantitative estimate of drug-likeness (QED) is 0.693. The first-order valence-electron chi connectivity index (χ1n) is 6.36. The van der Waals surface area contributed by atoms with Crippen LogP contribution in [0.25, 0.3) is 0 Å². The topological polar surface area (TPSA) is 63.7 Å². The van der Waals surface area contributed by atoms with Gasteiger partial charge in [0, 0.05) is 25.2 Å². The first kappa shape index (κ1) is 13.5. The lowest BCUT2D eigenvalue weighted by atomic mass is 10.2. The Hall–Kier alpha value is -0.880. The summed E-state index contributed by atoms with van der Waals surface area (Å²) in [5, 5.41) is 0. The van der Waals surface area contributed by atoms with Crippen LogP contribution < -0.4 is 0 Å². The van der Waals surface area contributed by atoms with Crippen LogP contribution in [0.4, 0.5) is 0 Å². The largest absolute Gasteiger partial charge is 0.461 e. The summed E-state index contributed by atoms with van der Waals surface area (Å²) >= 11 is 0. The van der Waals surface area contributed by atoms with Crippen molar-refractivity contribution in [2.24, 2.45) is 0 Å². The van der Waals surface area contributed by atoms with E-state index in [2.05, 4.69) is 0 Å². The molecule has 5 nitrogen and oxygen atoms in total. The zero-order valence-electron chi connectivity index (χ0n) is 10.4. The number of ether oxygens (including phenoxy) is 1. The van der Waals surface area contributed by atoms with Gasteiger partial charge in [-0.2, -0.15) is 0 Å². The zero-order valence-corrected chi connectivity index (χ0v) is 11.2. The predicted molar refractivity (Wildman–Crippen MR) is 68.0 cm³/mol. The maximum absolute atomic E-state index is 11.6. The number of carbonyl (C=O) groups excluding carboxylic acids is 1. The highest BCUT2D eigenvalue weighted by Crippen LogP contribution is 2.18. The van der Waals surface area contributed by atoms with E-state index in [0.717, 1.165) is 24.8 Å². The third-order valence-electron chi connectivity index (χ3n) is 3.38. The SMILES string of the molecule is O=C(OCCN1CCS(=O)(=O)CC1)C1=CCCC1. The molecule has 0 aromatic heterocycles. The Balaban J connectivity index is 1.65. The molecule has 1 saturated heterocycles. The molecule has 0 radical (unpaired) electrons. The van der Waals surface area contributed by atoms with Gasteiger partial charge in [-0.05, 0) is 19.3 Å². The molecule has 2 rings (SSSR count). The number of carbonyl (C=O) groups is 1. The van der Waals surface area contributed by atoms with Crippen LogP contribution >= 0.6 is 0 Å². The number of esters is 1. The summed E-state index contributed by atoms with van der Waals surface area (Å²) in [5.41, 5.74) is 0.788. The predicted octanol–water partition coefficient (Wildman–Crippen LogP) is 0.370. The summed E-state index contributed by atoms with van der Waals surface area (Å²) < 4.78 is 27.6. The van der Waals surface area contributed by atoms with E-state index in [1.54, 1.807) is 0 Å². The van der Waals surface area contributed by atoms with Crippen LogP contribution in [0, 0.1) is 0 Å². The molecule has 1 heterocycles. The molecule has 0 N–H and O–H groups in total. The van der Waals surface area contributed by atoms with Gasteiger partial charge in [0.2, 0.25) is 0 Å². The van der Waals surface area contributed by atoms with Gasteiger partial charge in [-0.15, -0.1) is 0 Å². The maximum Gasteiger partial charge on any atom is 0.333 e. The molecule has 0 aromatic carbocycles. The monoisotopic (exact) mass is 273 g/mol. The van der Waals surface area contributed by atoms with Gasteiger partial charge in [-0.25, -0.2) is 13.2 Å². The minimum atomic E-state index is -2.83. The van der Waals surface area contributed by atoms with Crippen LogP contribution in [0.2, 0.25) is 0 Å². The summed E-state index contributed by atoms with van der Waals surface area (Å²) in [6.07, 6.45) is 4.76. The van der Waals surface area contributed by atoms with Crippen molar-refractivity contribution in [1.29, 1.82) is 0 Å². The normalized spacial score (nSPS) is 23.7. The summed E-state index contributed by atoms with van der Waals surface area (Å²) in [6, 6.07) is 0. The van der Waals surface area contributed by atoms with Crippen molar-refractivity contribution in [3.63, 3.8) is 0 Å². The maximum atomic E-state index is 11.6. The van der Waals surface area contributed by atoms with Crippen molar-refractivity contribution in [3.05, 3.63) is 11.6 Å². The lowest BCUT2D eigenvalue weighted by Gasteiger charge is -2.26. The first-order valence-corrected chi connectivity index (χ1v) is 8.18. The number of sulfone groups is 1. The van der Waals surface area contributed by atoms with E-state index < -0.39 is 9.84 Å². The number of hydrogen-bond donors (Lipinski definition) is 0. The summed E-state index contributed by atoms with van der Waals surface area (Å²) in [7, 11) is -2.83. The Morgan fingerprint density at radius 2 is 2.06 bits per heavy atom. The zero-order chi connectivity index (χ0) is 13.0. The van der Waals surface area contributed by atoms with Crippen molar-refractivity contribution >= 4 is 15.8 Å². The molecule has 1 aliphatic heterocycles. The average Bonchev–Trinajstić information content (AvgIpc) is 2.85. The fourth-order valence-electron chi connectivity index (χ4n) is 2.19. The van der Waals surface area contributed by atoms with E-state index in [0.29, 0.717) is 26.2 Å². The van der Waals surface area contributed by atoms with Gasteiger partial charge in [0.25, 0.3) is 0 Å². The second-order valence-corrected chi connectivity index (χ2v) is 7.05. The van der Waals surface area contributed by atoms with Crippen LogP contribution in [0.5, 0.6) is 0 Å². The van der Waals surface area contributed by atoms with Crippen LogP contribution in [0.1, 0.15) is 19.3 Å². The van der Waals surface area contributed by atoms with E-state index in [-0.39, 0.29) is 17.5 Å². The molecular formula is C12H19NO4S. The molecule has 0 aromatic rings.